The van der Waals surface area contributed by atoms with Gasteiger partial charge in [0.2, 0.25) is 5.95 Å². The molecule has 1 aromatic heterocycles. The summed E-state index contributed by atoms with van der Waals surface area (Å²) in [5.41, 5.74) is 1.32. The zero-order chi connectivity index (χ0) is 12.8. The molecule has 0 bridgehead atoms. The number of anilines is 1. The van der Waals surface area contributed by atoms with E-state index in [1.165, 1.54) is 5.56 Å². The minimum Gasteiger partial charge on any atom is -0.354 e. The summed E-state index contributed by atoms with van der Waals surface area (Å²) in [5.74, 6) is 0.522. The van der Waals surface area contributed by atoms with Crippen LogP contribution >= 0.6 is 0 Å². The maximum atomic E-state index is 12.6. The highest BCUT2D eigenvalue weighted by Crippen LogP contribution is 2.17. The van der Waals surface area contributed by atoms with Crippen LogP contribution in [-0.2, 0) is 0 Å². The maximum absolute atomic E-state index is 12.6. The molecule has 0 fully saturated rings. The summed E-state index contributed by atoms with van der Waals surface area (Å²) < 4.78 is 12.6. The van der Waals surface area contributed by atoms with Crippen molar-refractivity contribution in [1.82, 2.24) is 9.97 Å². The highest BCUT2D eigenvalue weighted by atomic mass is 19.1. The molecule has 0 aliphatic carbocycles. The van der Waals surface area contributed by atoms with Crippen molar-refractivity contribution >= 4 is 5.95 Å². The van der Waals surface area contributed by atoms with Crippen LogP contribution in [0.1, 0.15) is 24.8 Å². The number of aromatic nitrogens is 2. The average Bonchev–Trinajstić information content (AvgIpc) is 2.42. The van der Waals surface area contributed by atoms with Crippen LogP contribution in [-0.4, -0.2) is 16.5 Å². The molecule has 4 heteroatoms. The molecular weight excluding hydrogens is 229 g/mol. The molecule has 18 heavy (non-hydrogen) atoms. The second-order valence-electron chi connectivity index (χ2n) is 4.25. The van der Waals surface area contributed by atoms with Crippen molar-refractivity contribution in [3.8, 4) is 0 Å². The Balaban J connectivity index is 1.80. The predicted molar refractivity (Wildman–Crippen MR) is 70.0 cm³/mol. The number of hydrogen-bond donors (Lipinski definition) is 1. The second kappa shape index (κ2) is 6.10. The van der Waals surface area contributed by atoms with Crippen molar-refractivity contribution in [2.24, 2.45) is 0 Å². The molecule has 0 amide bonds. The van der Waals surface area contributed by atoms with E-state index in [4.69, 9.17) is 0 Å². The summed E-state index contributed by atoms with van der Waals surface area (Å²) in [6.07, 6.45) is 3.30. The third-order valence-electron chi connectivity index (χ3n) is 2.85. The summed E-state index contributed by atoms with van der Waals surface area (Å²) in [5, 5.41) is 3.08. The van der Waals surface area contributed by atoms with Gasteiger partial charge in [0.15, 0.2) is 5.82 Å². The predicted octanol–water partition coefficient (Wildman–Crippen LogP) is 3.22. The van der Waals surface area contributed by atoms with Crippen molar-refractivity contribution in [2.45, 2.75) is 19.3 Å². The van der Waals surface area contributed by atoms with E-state index in [0.29, 0.717) is 11.9 Å². The number of nitrogens with one attached hydrogen (secondary N) is 1. The van der Waals surface area contributed by atoms with Gasteiger partial charge < -0.3 is 5.32 Å². The lowest BCUT2D eigenvalue weighted by Crippen LogP contribution is -2.08. The van der Waals surface area contributed by atoms with Crippen molar-refractivity contribution in [3.63, 3.8) is 0 Å². The van der Waals surface area contributed by atoms with Crippen molar-refractivity contribution in [2.75, 3.05) is 11.9 Å². The number of nitrogens with zero attached hydrogens (tertiary/aromatic N) is 2. The van der Waals surface area contributed by atoms with Crippen LogP contribution in [0, 0.1) is 5.82 Å². The quantitative estimate of drug-likeness (QED) is 0.878. The molecule has 0 radical (unpaired) electrons. The van der Waals surface area contributed by atoms with Crippen LogP contribution in [0.3, 0.4) is 0 Å². The van der Waals surface area contributed by atoms with E-state index in [1.54, 1.807) is 0 Å². The fourth-order valence-electron chi connectivity index (χ4n) is 1.75. The van der Waals surface area contributed by atoms with Gasteiger partial charge in [-0.15, -0.1) is 0 Å². The summed E-state index contributed by atoms with van der Waals surface area (Å²) in [4.78, 5) is 7.70. The van der Waals surface area contributed by atoms with Gasteiger partial charge in [0.05, 0.1) is 12.4 Å². The lowest BCUT2D eigenvalue weighted by molar-refractivity contribution is 0.613. The Bertz CT molecular complexity index is 470. The molecule has 1 N–H and O–H groups in total. The van der Waals surface area contributed by atoms with E-state index in [2.05, 4.69) is 34.3 Å². The smallest absolute Gasteiger partial charge is 0.222 e. The normalized spacial score (nSPS) is 12.1. The highest BCUT2D eigenvalue weighted by molar-refractivity contribution is 5.23. The van der Waals surface area contributed by atoms with Gasteiger partial charge in [-0.05, 0) is 17.9 Å². The van der Waals surface area contributed by atoms with Gasteiger partial charge in [-0.2, -0.15) is 0 Å². The molecule has 0 saturated carbocycles. The fourth-order valence-corrected chi connectivity index (χ4v) is 1.75. The summed E-state index contributed by atoms with van der Waals surface area (Å²) in [6, 6.07) is 10.4. The number of halogens is 1. The second-order valence-corrected chi connectivity index (χ2v) is 4.25. The van der Waals surface area contributed by atoms with Gasteiger partial charge in [0, 0.05) is 6.54 Å². The highest BCUT2D eigenvalue weighted by Gasteiger charge is 2.04. The van der Waals surface area contributed by atoms with Gasteiger partial charge in [0.1, 0.15) is 0 Å². The molecule has 2 rings (SSSR count). The number of rotatable bonds is 5. The molecule has 0 spiro atoms. The Labute approximate surface area is 106 Å². The molecule has 3 nitrogen and oxygen atoms in total. The van der Waals surface area contributed by atoms with Crippen molar-refractivity contribution in [3.05, 3.63) is 54.1 Å². The van der Waals surface area contributed by atoms with Crippen LogP contribution in [0.4, 0.5) is 10.3 Å². The Hall–Kier alpha value is -1.97. The first-order valence-electron chi connectivity index (χ1n) is 6.02. The van der Waals surface area contributed by atoms with Gasteiger partial charge in [-0.25, -0.2) is 14.4 Å². The first-order chi connectivity index (χ1) is 8.75. The molecule has 0 aliphatic rings. The summed E-state index contributed by atoms with van der Waals surface area (Å²) in [6.45, 7) is 2.95. The molecule has 0 saturated heterocycles. The van der Waals surface area contributed by atoms with Gasteiger partial charge in [-0.3, -0.25) is 0 Å². The SMILES string of the molecule is CC(CCNc1ncc(F)cn1)c1ccccc1. The number of benzene rings is 1. The number of hydrogen-bond acceptors (Lipinski definition) is 3. The monoisotopic (exact) mass is 245 g/mol. The molecule has 0 aliphatic heterocycles. The first kappa shape index (κ1) is 12.5. The lowest BCUT2D eigenvalue weighted by Gasteiger charge is -2.12. The van der Waals surface area contributed by atoms with Crippen molar-refractivity contribution in [1.29, 1.82) is 0 Å². The summed E-state index contributed by atoms with van der Waals surface area (Å²) >= 11 is 0. The Morgan fingerprint density at radius 3 is 2.50 bits per heavy atom. The third-order valence-corrected chi connectivity index (χ3v) is 2.85. The molecule has 1 aromatic carbocycles. The first-order valence-corrected chi connectivity index (χ1v) is 6.02. The maximum Gasteiger partial charge on any atom is 0.222 e. The van der Waals surface area contributed by atoms with Crippen LogP contribution < -0.4 is 5.32 Å². The average molecular weight is 245 g/mol. The lowest BCUT2D eigenvalue weighted by atomic mass is 9.98. The van der Waals surface area contributed by atoms with Gasteiger partial charge in [-0.1, -0.05) is 37.3 Å². The standard InChI is InChI=1S/C14H16FN3/c1-11(12-5-3-2-4-6-12)7-8-16-14-17-9-13(15)10-18-14/h2-6,9-11H,7-8H2,1H3,(H,16,17,18). The largest absolute Gasteiger partial charge is 0.354 e. The van der Waals surface area contributed by atoms with Crippen LogP contribution in [0.2, 0.25) is 0 Å². The van der Waals surface area contributed by atoms with Gasteiger partial charge >= 0.3 is 0 Å². The zero-order valence-corrected chi connectivity index (χ0v) is 10.3. The van der Waals surface area contributed by atoms with E-state index in [1.807, 2.05) is 18.2 Å². The molecular formula is C14H16FN3. The van der Waals surface area contributed by atoms with Crippen LogP contribution in [0.15, 0.2) is 42.7 Å². The Kier molecular flexibility index (Phi) is 4.23. The molecule has 94 valence electrons. The van der Waals surface area contributed by atoms with E-state index in [9.17, 15) is 4.39 Å². The molecule has 1 atom stereocenters. The summed E-state index contributed by atoms with van der Waals surface area (Å²) in [7, 11) is 0. The third kappa shape index (κ3) is 3.52. The Morgan fingerprint density at radius 1 is 1.17 bits per heavy atom. The molecule has 1 heterocycles. The van der Waals surface area contributed by atoms with Crippen LogP contribution in [0.5, 0.6) is 0 Å². The van der Waals surface area contributed by atoms with Gasteiger partial charge in [0.25, 0.3) is 0 Å². The van der Waals surface area contributed by atoms with E-state index in [-0.39, 0.29) is 0 Å². The molecule has 1 unspecified atom stereocenters. The Morgan fingerprint density at radius 2 is 1.83 bits per heavy atom. The zero-order valence-electron chi connectivity index (χ0n) is 10.3. The topological polar surface area (TPSA) is 37.8 Å². The van der Waals surface area contributed by atoms with Crippen molar-refractivity contribution < 1.29 is 4.39 Å². The fraction of sp³-hybridized carbons (Fsp3) is 0.286. The minimum atomic E-state index is -0.418. The van der Waals surface area contributed by atoms with E-state index < -0.39 is 5.82 Å². The van der Waals surface area contributed by atoms with E-state index >= 15 is 0 Å². The van der Waals surface area contributed by atoms with Crippen LogP contribution in [0.25, 0.3) is 0 Å². The molecule has 2 aromatic rings. The minimum absolute atomic E-state index is 0.418. The van der Waals surface area contributed by atoms with E-state index in [0.717, 1.165) is 25.4 Å².